The molecule has 1 amide bonds. The molecule has 104 valence electrons. The maximum atomic E-state index is 11.9. The van der Waals surface area contributed by atoms with Gasteiger partial charge in [-0.1, -0.05) is 11.6 Å². The van der Waals surface area contributed by atoms with Gasteiger partial charge in [0.25, 0.3) is 5.91 Å². The molecule has 0 spiro atoms. The minimum absolute atomic E-state index is 0.0929. The first-order valence-corrected chi connectivity index (χ1v) is 6.71. The van der Waals surface area contributed by atoms with Crippen LogP contribution in [-0.4, -0.2) is 16.9 Å². The second-order valence-corrected chi connectivity index (χ2v) is 5.16. The van der Waals surface area contributed by atoms with Gasteiger partial charge in [0.2, 0.25) is 0 Å². The minimum atomic E-state index is -0.132. The molecule has 0 aliphatic carbocycles. The fourth-order valence-electron chi connectivity index (χ4n) is 1.68. The SMILES string of the molecule is CC(C)NC(=O)c1cncc(Nc2ccc(Cl)cc2)c1. The zero-order chi connectivity index (χ0) is 14.5. The molecule has 0 atom stereocenters. The highest BCUT2D eigenvalue weighted by atomic mass is 35.5. The molecule has 2 aromatic rings. The van der Waals surface area contributed by atoms with Crippen molar-refractivity contribution < 1.29 is 4.79 Å². The van der Waals surface area contributed by atoms with E-state index in [4.69, 9.17) is 11.6 Å². The number of rotatable bonds is 4. The van der Waals surface area contributed by atoms with Crippen LogP contribution in [0, 0.1) is 0 Å². The number of hydrogen-bond acceptors (Lipinski definition) is 3. The largest absolute Gasteiger partial charge is 0.354 e. The minimum Gasteiger partial charge on any atom is -0.354 e. The average Bonchev–Trinajstić information content (AvgIpc) is 2.41. The number of nitrogens with zero attached hydrogens (tertiary/aromatic N) is 1. The summed E-state index contributed by atoms with van der Waals surface area (Å²) in [5.41, 5.74) is 2.17. The molecule has 0 unspecified atom stereocenters. The Labute approximate surface area is 123 Å². The van der Waals surface area contributed by atoms with Crippen LogP contribution in [0.2, 0.25) is 5.02 Å². The molecule has 0 fully saturated rings. The summed E-state index contributed by atoms with van der Waals surface area (Å²) in [7, 11) is 0. The molecular formula is C15H16ClN3O. The van der Waals surface area contributed by atoms with Crippen LogP contribution in [0.1, 0.15) is 24.2 Å². The second-order valence-electron chi connectivity index (χ2n) is 4.72. The van der Waals surface area contributed by atoms with E-state index in [9.17, 15) is 4.79 Å². The van der Waals surface area contributed by atoms with E-state index in [1.807, 2.05) is 26.0 Å². The Morgan fingerprint density at radius 3 is 2.50 bits per heavy atom. The van der Waals surface area contributed by atoms with E-state index in [1.54, 1.807) is 30.6 Å². The summed E-state index contributed by atoms with van der Waals surface area (Å²) in [6.07, 6.45) is 3.21. The Balaban J connectivity index is 2.13. The van der Waals surface area contributed by atoms with Crippen molar-refractivity contribution in [3.8, 4) is 0 Å². The van der Waals surface area contributed by atoms with Crippen LogP contribution in [0.25, 0.3) is 0 Å². The third-order valence-electron chi connectivity index (χ3n) is 2.55. The fraction of sp³-hybridized carbons (Fsp3) is 0.200. The molecule has 2 rings (SSSR count). The molecular weight excluding hydrogens is 274 g/mol. The molecule has 0 radical (unpaired) electrons. The zero-order valence-corrected chi connectivity index (χ0v) is 12.1. The van der Waals surface area contributed by atoms with Crippen molar-refractivity contribution in [2.45, 2.75) is 19.9 Å². The van der Waals surface area contributed by atoms with Crippen molar-refractivity contribution in [2.24, 2.45) is 0 Å². The number of carbonyl (C=O) groups excluding carboxylic acids is 1. The number of aromatic nitrogens is 1. The van der Waals surface area contributed by atoms with E-state index in [0.29, 0.717) is 10.6 Å². The van der Waals surface area contributed by atoms with Gasteiger partial charge in [-0.25, -0.2) is 0 Å². The van der Waals surface area contributed by atoms with Gasteiger partial charge in [-0.05, 0) is 44.2 Å². The van der Waals surface area contributed by atoms with E-state index in [1.165, 1.54) is 0 Å². The maximum Gasteiger partial charge on any atom is 0.253 e. The lowest BCUT2D eigenvalue weighted by atomic mass is 10.2. The molecule has 0 bridgehead atoms. The summed E-state index contributed by atoms with van der Waals surface area (Å²) in [5.74, 6) is -0.132. The summed E-state index contributed by atoms with van der Waals surface area (Å²) in [4.78, 5) is 16.0. The smallest absolute Gasteiger partial charge is 0.253 e. The van der Waals surface area contributed by atoms with Crippen LogP contribution >= 0.6 is 11.6 Å². The van der Waals surface area contributed by atoms with Crippen molar-refractivity contribution >= 4 is 28.9 Å². The summed E-state index contributed by atoms with van der Waals surface area (Å²) >= 11 is 5.84. The van der Waals surface area contributed by atoms with E-state index in [0.717, 1.165) is 11.4 Å². The summed E-state index contributed by atoms with van der Waals surface area (Å²) in [6, 6.07) is 9.18. The van der Waals surface area contributed by atoms with Gasteiger partial charge in [0, 0.05) is 22.9 Å². The monoisotopic (exact) mass is 289 g/mol. The number of pyridine rings is 1. The summed E-state index contributed by atoms with van der Waals surface area (Å²) in [5, 5.41) is 6.69. The molecule has 2 N–H and O–H groups in total. The van der Waals surface area contributed by atoms with E-state index in [2.05, 4.69) is 15.6 Å². The fourth-order valence-corrected chi connectivity index (χ4v) is 1.80. The van der Waals surface area contributed by atoms with Gasteiger partial charge in [-0.3, -0.25) is 9.78 Å². The van der Waals surface area contributed by atoms with Gasteiger partial charge in [0.1, 0.15) is 0 Å². The first-order valence-electron chi connectivity index (χ1n) is 6.33. The molecule has 5 heteroatoms. The number of hydrogen-bond donors (Lipinski definition) is 2. The third-order valence-corrected chi connectivity index (χ3v) is 2.81. The Bertz CT molecular complexity index is 596. The molecule has 1 heterocycles. The number of nitrogens with one attached hydrogen (secondary N) is 2. The van der Waals surface area contributed by atoms with Crippen molar-refractivity contribution in [1.29, 1.82) is 0 Å². The third kappa shape index (κ3) is 3.96. The molecule has 0 saturated heterocycles. The number of halogens is 1. The van der Waals surface area contributed by atoms with Crippen LogP contribution < -0.4 is 10.6 Å². The number of carbonyl (C=O) groups is 1. The topological polar surface area (TPSA) is 54.0 Å². The highest BCUT2D eigenvalue weighted by Crippen LogP contribution is 2.19. The first-order chi connectivity index (χ1) is 9.54. The molecule has 1 aromatic heterocycles. The van der Waals surface area contributed by atoms with Crippen LogP contribution in [0.3, 0.4) is 0 Å². The van der Waals surface area contributed by atoms with E-state index in [-0.39, 0.29) is 11.9 Å². The Hall–Kier alpha value is -2.07. The van der Waals surface area contributed by atoms with Crippen molar-refractivity contribution in [1.82, 2.24) is 10.3 Å². The van der Waals surface area contributed by atoms with Gasteiger partial charge in [-0.15, -0.1) is 0 Å². The van der Waals surface area contributed by atoms with Crippen LogP contribution in [0.15, 0.2) is 42.7 Å². The van der Waals surface area contributed by atoms with Crippen LogP contribution in [0.4, 0.5) is 11.4 Å². The predicted molar refractivity (Wildman–Crippen MR) is 81.6 cm³/mol. The van der Waals surface area contributed by atoms with E-state index >= 15 is 0 Å². The molecule has 1 aromatic carbocycles. The standard InChI is InChI=1S/C15H16ClN3O/c1-10(2)18-15(20)11-7-14(9-17-8-11)19-13-5-3-12(16)4-6-13/h3-10,19H,1-2H3,(H,18,20). The average molecular weight is 290 g/mol. The number of anilines is 2. The second kappa shape index (κ2) is 6.39. The lowest BCUT2D eigenvalue weighted by molar-refractivity contribution is 0.0943. The van der Waals surface area contributed by atoms with Crippen molar-refractivity contribution in [3.05, 3.63) is 53.3 Å². The van der Waals surface area contributed by atoms with Crippen LogP contribution in [0.5, 0.6) is 0 Å². The normalized spacial score (nSPS) is 10.4. The Kier molecular flexibility index (Phi) is 4.58. The Morgan fingerprint density at radius 2 is 1.85 bits per heavy atom. The highest BCUT2D eigenvalue weighted by Gasteiger charge is 2.08. The maximum absolute atomic E-state index is 11.9. The highest BCUT2D eigenvalue weighted by molar-refractivity contribution is 6.30. The van der Waals surface area contributed by atoms with Gasteiger partial charge in [0.05, 0.1) is 17.4 Å². The van der Waals surface area contributed by atoms with Crippen molar-refractivity contribution in [3.63, 3.8) is 0 Å². The summed E-state index contributed by atoms with van der Waals surface area (Å²) < 4.78 is 0. The van der Waals surface area contributed by atoms with E-state index < -0.39 is 0 Å². The lowest BCUT2D eigenvalue weighted by Gasteiger charge is -2.10. The first kappa shape index (κ1) is 14.3. The lowest BCUT2D eigenvalue weighted by Crippen LogP contribution is -2.30. The number of amides is 1. The van der Waals surface area contributed by atoms with Gasteiger partial charge < -0.3 is 10.6 Å². The van der Waals surface area contributed by atoms with Gasteiger partial charge >= 0.3 is 0 Å². The van der Waals surface area contributed by atoms with Crippen molar-refractivity contribution in [2.75, 3.05) is 5.32 Å². The number of benzene rings is 1. The molecule has 0 aliphatic heterocycles. The Morgan fingerprint density at radius 1 is 1.15 bits per heavy atom. The molecule has 4 nitrogen and oxygen atoms in total. The van der Waals surface area contributed by atoms with Gasteiger partial charge in [0.15, 0.2) is 0 Å². The summed E-state index contributed by atoms with van der Waals surface area (Å²) in [6.45, 7) is 3.84. The van der Waals surface area contributed by atoms with Gasteiger partial charge in [-0.2, -0.15) is 0 Å². The van der Waals surface area contributed by atoms with Crippen LogP contribution in [-0.2, 0) is 0 Å². The predicted octanol–water partition coefficient (Wildman–Crippen LogP) is 3.62. The zero-order valence-electron chi connectivity index (χ0n) is 11.4. The molecule has 0 saturated carbocycles. The quantitative estimate of drug-likeness (QED) is 0.904. The molecule has 20 heavy (non-hydrogen) atoms. The molecule has 0 aliphatic rings.